The van der Waals surface area contributed by atoms with E-state index in [2.05, 4.69) is 0 Å². The SMILES string of the molecule is CC(=O)C(C)(CN1CCC[C@H]1C(=O)O)C(C)C(=O)c1ccccc1. The van der Waals surface area contributed by atoms with E-state index >= 15 is 0 Å². The highest BCUT2D eigenvalue weighted by Crippen LogP contribution is 2.34. The Kier molecular flexibility index (Phi) is 5.54. The van der Waals surface area contributed by atoms with Crippen molar-refractivity contribution in [3.8, 4) is 0 Å². The standard InChI is InChI=1S/C19H25NO4/c1-13(17(22)15-8-5-4-6-9-15)19(3,14(2)21)12-20-11-7-10-16(20)18(23)24/h4-6,8-9,13,16H,7,10-12H2,1-3H3,(H,23,24)/t13?,16-,19?/m0/s1. The number of carboxylic acids is 1. The quantitative estimate of drug-likeness (QED) is 0.778. The Morgan fingerprint density at radius 3 is 2.46 bits per heavy atom. The first-order valence-electron chi connectivity index (χ1n) is 8.34. The van der Waals surface area contributed by atoms with Crippen molar-refractivity contribution < 1.29 is 19.5 Å². The van der Waals surface area contributed by atoms with E-state index < -0.39 is 23.3 Å². The molecule has 5 nitrogen and oxygen atoms in total. The third-order valence-corrected chi connectivity index (χ3v) is 5.39. The second kappa shape index (κ2) is 7.26. The van der Waals surface area contributed by atoms with Gasteiger partial charge in [-0.2, -0.15) is 0 Å². The van der Waals surface area contributed by atoms with E-state index in [1.165, 1.54) is 6.92 Å². The first-order chi connectivity index (χ1) is 11.3. The zero-order chi connectivity index (χ0) is 17.9. The molecule has 0 saturated carbocycles. The Labute approximate surface area is 142 Å². The van der Waals surface area contributed by atoms with Crippen molar-refractivity contribution in [3.63, 3.8) is 0 Å². The number of aliphatic carboxylic acids is 1. The highest BCUT2D eigenvalue weighted by atomic mass is 16.4. The number of Topliss-reactive ketones (excluding diaryl/α,β-unsaturated/α-hetero) is 2. The van der Waals surface area contributed by atoms with Crippen LogP contribution in [0.3, 0.4) is 0 Å². The second-order valence-electron chi connectivity index (χ2n) is 6.89. The molecule has 1 fully saturated rings. The molecule has 0 amide bonds. The van der Waals surface area contributed by atoms with Gasteiger partial charge in [0.05, 0.1) is 0 Å². The fourth-order valence-electron chi connectivity index (χ4n) is 3.41. The average molecular weight is 331 g/mol. The van der Waals surface area contributed by atoms with Crippen LogP contribution < -0.4 is 0 Å². The van der Waals surface area contributed by atoms with Crippen LogP contribution in [0.5, 0.6) is 0 Å². The zero-order valence-corrected chi connectivity index (χ0v) is 14.5. The predicted octanol–water partition coefficient (Wildman–Crippen LogP) is 2.65. The normalized spacial score (nSPS) is 21.9. The molecule has 2 unspecified atom stereocenters. The Morgan fingerprint density at radius 2 is 1.92 bits per heavy atom. The number of benzene rings is 1. The summed E-state index contributed by atoms with van der Waals surface area (Å²) in [7, 11) is 0. The van der Waals surface area contributed by atoms with Gasteiger partial charge in [-0.25, -0.2) is 0 Å². The molecule has 0 spiro atoms. The smallest absolute Gasteiger partial charge is 0.320 e. The van der Waals surface area contributed by atoms with Gasteiger partial charge in [0.2, 0.25) is 0 Å². The molecule has 0 aromatic heterocycles. The second-order valence-corrected chi connectivity index (χ2v) is 6.89. The molecule has 0 bridgehead atoms. The highest BCUT2D eigenvalue weighted by molar-refractivity contribution is 6.01. The molecule has 0 aliphatic carbocycles. The third kappa shape index (κ3) is 3.56. The molecule has 0 radical (unpaired) electrons. The predicted molar refractivity (Wildman–Crippen MR) is 91.0 cm³/mol. The molecular formula is C19H25NO4. The average Bonchev–Trinajstić information content (AvgIpc) is 3.02. The molecule has 1 aliphatic rings. The molecule has 2 rings (SSSR count). The lowest BCUT2D eigenvalue weighted by atomic mass is 9.71. The van der Waals surface area contributed by atoms with Crippen LogP contribution in [0, 0.1) is 11.3 Å². The lowest BCUT2D eigenvalue weighted by Crippen LogP contribution is -2.49. The molecule has 1 aromatic carbocycles. The Balaban J connectivity index is 2.25. The molecule has 1 aliphatic heterocycles. The van der Waals surface area contributed by atoms with Crippen LogP contribution in [0.1, 0.15) is 44.0 Å². The molecule has 3 atom stereocenters. The van der Waals surface area contributed by atoms with Crippen molar-refractivity contribution in [3.05, 3.63) is 35.9 Å². The molecule has 1 aromatic rings. The zero-order valence-electron chi connectivity index (χ0n) is 14.5. The number of nitrogens with zero attached hydrogens (tertiary/aromatic N) is 1. The van der Waals surface area contributed by atoms with Crippen molar-refractivity contribution in [2.75, 3.05) is 13.1 Å². The van der Waals surface area contributed by atoms with Crippen LogP contribution >= 0.6 is 0 Å². The largest absolute Gasteiger partial charge is 0.480 e. The summed E-state index contributed by atoms with van der Waals surface area (Å²) in [5.41, 5.74) is -0.334. The minimum absolute atomic E-state index is 0.0839. The fraction of sp³-hybridized carbons (Fsp3) is 0.526. The van der Waals surface area contributed by atoms with E-state index in [-0.39, 0.29) is 11.6 Å². The van der Waals surface area contributed by atoms with Crippen molar-refractivity contribution in [1.82, 2.24) is 4.90 Å². The molecular weight excluding hydrogens is 306 g/mol. The van der Waals surface area contributed by atoms with Gasteiger partial charge >= 0.3 is 5.97 Å². The first kappa shape index (κ1) is 18.3. The Hall–Kier alpha value is -2.01. The molecule has 1 N–H and O–H groups in total. The van der Waals surface area contributed by atoms with Crippen LogP contribution in [0.15, 0.2) is 30.3 Å². The van der Waals surface area contributed by atoms with Gasteiger partial charge < -0.3 is 5.11 Å². The molecule has 24 heavy (non-hydrogen) atoms. The number of likely N-dealkylation sites (tertiary alicyclic amines) is 1. The van der Waals surface area contributed by atoms with E-state index in [0.29, 0.717) is 25.1 Å². The summed E-state index contributed by atoms with van der Waals surface area (Å²) >= 11 is 0. The van der Waals surface area contributed by atoms with Gasteiger partial charge in [0.1, 0.15) is 11.8 Å². The van der Waals surface area contributed by atoms with Crippen molar-refractivity contribution >= 4 is 17.5 Å². The van der Waals surface area contributed by atoms with Crippen LogP contribution in [0.4, 0.5) is 0 Å². The lowest BCUT2D eigenvalue weighted by molar-refractivity contribution is -0.144. The third-order valence-electron chi connectivity index (χ3n) is 5.39. The van der Waals surface area contributed by atoms with Crippen molar-refractivity contribution in [2.24, 2.45) is 11.3 Å². The summed E-state index contributed by atoms with van der Waals surface area (Å²) in [6, 6.07) is 8.36. The summed E-state index contributed by atoms with van der Waals surface area (Å²) < 4.78 is 0. The van der Waals surface area contributed by atoms with Gasteiger partial charge in [-0.3, -0.25) is 19.3 Å². The number of carbonyl (C=O) groups excluding carboxylic acids is 2. The maximum Gasteiger partial charge on any atom is 0.320 e. The van der Waals surface area contributed by atoms with Gasteiger partial charge in [0.25, 0.3) is 0 Å². The summed E-state index contributed by atoms with van der Waals surface area (Å²) in [6.07, 6.45) is 1.39. The van der Waals surface area contributed by atoms with Crippen molar-refractivity contribution in [1.29, 1.82) is 0 Å². The maximum atomic E-state index is 12.8. The summed E-state index contributed by atoms with van der Waals surface area (Å²) in [4.78, 5) is 38.4. The van der Waals surface area contributed by atoms with Crippen molar-refractivity contribution in [2.45, 2.75) is 39.7 Å². The molecule has 130 valence electrons. The van der Waals surface area contributed by atoms with Gasteiger partial charge in [0, 0.05) is 23.4 Å². The first-order valence-corrected chi connectivity index (χ1v) is 8.34. The van der Waals surface area contributed by atoms with Gasteiger partial charge in [-0.1, -0.05) is 44.2 Å². The number of carboxylic acid groups (broad SMARTS) is 1. The molecule has 1 heterocycles. The Morgan fingerprint density at radius 1 is 1.29 bits per heavy atom. The number of carbonyl (C=O) groups is 3. The van der Waals surface area contributed by atoms with Crippen LogP contribution in [-0.4, -0.2) is 46.7 Å². The molecule has 5 heteroatoms. The van der Waals surface area contributed by atoms with E-state index in [9.17, 15) is 19.5 Å². The van der Waals surface area contributed by atoms with Gasteiger partial charge in [-0.05, 0) is 26.3 Å². The van der Waals surface area contributed by atoms with Gasteiger partial charge in [0.15, 0.2) is 5.78 Å². The highest BCUT2D eigenvalue weighted by Gasteiger charge is 2.44. The summed E-state index contributed by atoms with van der Waals surface area (Å²) in [5.74, 6) is -1.55. The molecule has 1 saturated heterocycles. The number of hydrogen-bond acceptors (Lipinski definition) is 4. The minimum atomic E-state index is -0.912. The lowest BCUT2D eigenvalue weighted by Gasteiger charge is -2.37. The minimum Gasteiger partial charge on any atom is -0.480 e. The topological polar surface area (TPSA) is 74.7 Å². The number of ketones is 2. The monoisotopic (exact) mass is 331 g/mol. The van der Waals surface area contributed by atoms with E-state index in [1.54, 1.807) is 38.1 Å². The van der Waals surface area contributed by atoms with Crippen LogP contribution in [0.25, 0.3) is 0 Å². The van der Waals surface area contributed by atoms with E-state index in [4.69, 9.17) is 0 Å². The van der Waals surface area contributed by atoms with E-state index in [1.807, 2.05) is 11.0 Å². The van der Waals surface area contributed by atoms with Gasteiger partial charge in [-0.15, -0.1) is 0 Å². The fourth-order valence-corrected chi connectivity index (χ4v) is 3.41. The summed E-state index contributed by atoms with van der Waals surface area (Å²) in [5, 5.41) is 9.35. The summed E-state index contributed by atoms with van der Waals surface area (Å²) in [6.45, 7) is 5.96. The number of hydrogen-bond donors (Lipinski definition) is 1. The maximum absolute atomic E-state index is 12.8. The van der Waals surface area contributed by atoms with E-state index in [0.717, 1.165) is 6.42 Å². The number of rotatable bonds is 7. The van der Waals surface area contributed by atoms with Crippen LogP contribution in [-0.2, 0) is 9.59 Å². The Bertz CT molecular complexity index is 628. The van der Waals surface area contributed by atoms with Crippen LogP contribution in [0.2, 0.25) is 0 Å².